The molecule has 3 heteroatoms. The second-order valence-electron chi connectivity index (χ2n) is 5.93. The average molecular weight is 253 g/mol. The third-order valence-electron chi connectivity index (χ3n) is 4.24. The first-order valence-corrected chi connectivity index (χ1v) is 7.18. The van der Waals surface area contributed by atoms with Gasteiger partial charge in [0.1, 0.15) is 5.65 Å². The van der Waals surface area contributed by atoms with E-state index in [0.717, 1.165) is 18.2 Å². The predicted molar refractivity (Wildman–Crippen MR) is 77.8 cm³/mol. The summed E-state index contributed by atoms with van der Waals surface area (Å²) >= 11 is 0. The van der Waals surface area contributed by atoms with Gasteiger partial charge in [0.15, 0.2) is 0 Å². The first kappa shape index (κ1) is 11.2. The van der Waals surface area contributed by atoms with Crippen LogP contribution < -0.4 is 0 Å². The molecule has 2 aromatic heterocycles. The summed E-state index contributed by atoms with van der Waals surface area (Å²) in [7, 11) is 0. The van der Waals surface area contributed by atoms with Crippen LogP contribution in [-0.4, -0.2) is 34.0 Å². The van der Waals surface area contributed by atoms with Crippen LogP contribution in [0.25, 0.3) is 16.6 Å². The second kappa shape index (κ2) is 4.20. The fraction of sp³-hybridized carbons (Fsp3) is 0.438. The maximum Gasteiger partial charge on any atom is 0.137 e. The van der Waals surface area contributed by atoms with E-state index in [9.17, 15) is 0 Å². The van der Waals surface area contributed by atoms with Crippen molar-refractivity contribution in [3.05, 3.63) is 36.2 Å². The average Bonchev–Trinajstić information content (AvgIpc) is 3.18. The molecule has 3 heterocycles. The molecule has 3 nitrogen and oxygen atoms in total. The summed E-state index contributed by atoms with van der Waals surface area (Å²) in [6.07, 6.45) is 9.17. The Morgan fingerprint density at radius 2 is 2.26 bits per heavy atom. The largest absolute Gasteiger partial charge is 0.346 e. The highest BCUT2D eigenvalue weighted by Gasteiger charge is 2.32. The van der Waals surface area contributed by atoms with E-state index >= 15 is 0 Å². The van der Waals surface area contributed by atoms with Gasteiger partial charge in [-0.1, -0.05) is 13.0 Å². The van der Waals surface area contributed by atoms with Gasteiger partial charge in [0.05, 0.1) is 0 Å². The molecule has 0 saturated heterocycles. The van der Waals surface area contributed by atoms with Crippen molar-refractivity contribution in [3.8, 4) is 0 Å². The van der Waals surface area contributed by atoms with Gasteiger partial charge >= 0.3 is 0 Å². The maximum atomic E-state index is 4.39. The van der Waals surface area contributed by atoms with Gasteiger partial charge in [-0.05, 0) is 36.5 Å². The second-order valence-corrected chi connectivity index (χ2v) is 5.93. The SMILES string of the molecule is C[C@@H]1C=C(c2c[nH]c3ncccc23)CN(C2CC2)C1. The van der Waals surface area contributed by atoms with Gasteiger partial charge in [0.25, 0.3) is 0 Å². The van der Waals surface area contributed by atoms with E-state index in [1.54, 1.807) is 0 Å². The maximum absolute atomic E-state index is 4.39. The topological polar surface area (TPSA) is 31.9 Å². The number of nitrogens with one attached hydrogen (secondary N) is 1. The summed E-state index contributed by atoms with van der Waals surface area (Å²) < 4.78 is 0. The Morgan fingerprint density at radius 1 is 1.37 bits per heavy atom. The molecule has 0 spiro atoms. The Labute approximate surface area is 113 Å². The number of H-pyrrole nitrogens is 1. The summed E-state index contributed by atoms with van der Waals surface area (Å²) in [5.74, 6) is 0.644. The van der Waals surface area contributed by atoms with Gasteiger partial charge < -0.3 is 4.98 Å². The van der Waals surface area contributed by atoms with E-state index in [-0.39, 0.29) is 0 Å². The van der Waals surface area contributed by atoms with Crippen LogP contribution in [-0.2, 0) is 0 Å². The summed E-state index contributed by atoms with van der Waals surface area (Å²) in [5.41, 5.74) is 3.79. The van der Waals surface area contributed by atoms with Crippen LogP contribution in [0.2, 0.25) is 0 Å². The zero-order valence-corrected chi connectivity index (χ0v) is 11.3. The fourth-order valence-electron chi connectivity index (χ4n) is 3.22. The number of fused-ring (bicyclic) bond motifs is 1. The first-order valence-electron chi connectivity index (χ1n) is 7.18. The highest BCUT2D eigenvalue weighted by molar-refractivity contribution is 5.91. The first-order chi connectivity index (χ1) is 9.31. The third kappa shape index (κ3) is 1.98. The van der Waals surface area contributed by atoms with Gasteiger partial charge in [-0.25, -0.2) is 4.98 Å². The number of aromatic nitrogens is 2. The highest BCUT2D eigenvalue weighted by atomic mass is 15.2. The molecule has 19 heavy (non-hydrogen) atoms. The quantitative estimate of drug-likeness (QED) is 0.892. The molecule has 0 bridgehead atoms. The number of pyridine rings is 1. The van der Waals surface area contributed by atoms with E-state index in [2.05, 4.69) is 40.1 Å². The lowest BCUT2D eigenvalue weighted by Crippen LogP contribution is -2.35. The third-order valence-corrected chi connectivity index (χ3v) is 4.24. The standard InChI is InChI=1S/C16H19N3/c1-11-7-12(10-19(9-11)13-4-5-13)15-8-18-16-14(15)3-2-6-17-16/h2-3,6-8,11,13H,4-5,9-10H2,1H3,(H,17,18)/t11-/m1/s1. The van der Waals surface area contributed by atoms with Crippen LogP contribution in [0.3, 0.4) is 0 Å². The predicted octanol–water partition coefficient (Wildman–Crippen LogP) is 3.06. The van der Waals surface area contributed by atoms with Crippen molar-refractivity contribution < 1.29 is 0 Å². The van der Waals surface area contributed by atoms with Gasteiger partial charge in [0, 0.05) is 42.5 Å². The molecule has 0 amide bonds. The van der Waals surface area contributed by atoms with Gasteiger partial charge in [0.2, 0.25) is 0 Å². The molecule has 0 unspecified atom stereocenters. The lowest BCUT2D eigenvalue weighted by molar-refractivity contribution is 0.262. The number of hydrogen-bond acceptors (Lipinski definition) is 2. The zero-order valence-electron chi connectivity index (χ0n) is 11.3. The molecular weight excluding hydrogens is 234 g/mol. The zero-order chi connectivity index (χ0) is 12.8. The molecule has 1 N–H and O–H groups in total. The van der Waals surface area contributed by atoms with Crippen molar-refractivity contribution in [2.75, 3.05) is 13.1 Å². The van der Waals surface area contributed by atoms with Crippen molar-refractivity contribution >= 4 is 16.6 Å². The van der Waals surface area contributed by atoms with E-state index in [4.69, 9.17) is 0 Å². The molecule has 1 aliphatic heterocycles. The Kier molecular flexibility index (Phi) is 2.49. The van der Waals surface area contributed by atoms with Crippen LogP contribution >= 0.6 is 0 Å². The molecule has 4 rings (SSSR count). The molecule has 0 aromatic carbocycles. The lowest BCUT2D eigenvalue weighted by atomic mass is 9.96. The minimum absolute atomic E-state index is 0.644. The summed E-state index contributed by atoms with van der Waals surface area (Å²) in [6, 6.07) is 5.02. The summed E-state index contributed by atoms with van der Waals surface area (Å²) in [5, 5.41) is 1.25. The van der Waals surface area contributed by atoms with Crippen LogP contribution in [0.1, 0.15) is 25.3 Å². The molecule has 98 valence electrons. The molecule has 2 aliphatic rings. The molecule has 0 radical (unpaired) electrons. The van der Waals surface area contributed by atoms with Crippen molar-refractivity contribution in [2.24, 2.45) is 5.92 Å². The number of aromatic amines is 1. The Hall–Kier alpha value is -1.61. The van der Waals surface area contributed by atoms with Crippen molar-refractivity contribution in [3.63, 3.8) is 0 Å². The molecule has 1 saturated carbocycles. The number of rotatable bonds is 2. The summed E-state index contributed by atoms with van der Waals surface area (Å²) in [6.45, 7) is 4.63. The van der Waals surface area contributed by atoms with Crippen LogP contribution in [0.4, 0.5) is 0 Å². The van der Waals surface area contributed by atoms with E-state index in [0.29, 0.717) is 5.92 Å². The Morgan fingerprint density at radius 3 is 3.11 bits per heavy atom. The monoisotopic (exact) mass is 253 g/mol. The van der Waals surface area contributed by atoms with E-state index in [1.807, 2.05) is 12.3 Å². The Balaban J connectivity index is 1.74. The summed E-state index contributed by atoms with van der Waals surface area (Å²) in [4.78, 5) is 10.3. The van der Waals surface area contributed by atoms with E-state index in [1.165, 1.54) is 35.9 Å². The molecule has 2 aromatic rings. The lowest BCUT2D eigenvalue weighted by Gasteiger charge is -2.30. The van der Waals surface area contributed by atoms with Crippen LogP contribution in [0, 0.1) is 5.92 Å². The van der Waals surface area contributed by atoms with Crippen molar-refractivity contribution in [1.29, 1.82) is 0 Å². The van der Waals surface area contributed by atoms with Gasteiger partial charge in [-0.15, -0.1) is 0 Å². The molecule has 1 atom stereocenters. The van der Waals surface area contributed by atoms with Crippen molar-refractivity contribution in [1.82, 2.24) is 14.9 Å². The Bertz CT molecular complexity index is 636. The molecule has 1 aliphatic carbocycles. The van der Waals surface area contributed by atoms with Crippen LogP contribution in [0.15, 0.2) is 30.6 Å². The van der Waals surface area contributed by atoms with E-state index < -0.39 is 0 Å². The van der Waals surface area contributed by atoms with Gasteiger partial charge in [-0.3, -0.25) is 4.90 Å². The van der Waals surface area contributed by atoms with Gasteiger partial charge in [-0.2, -0.15) is 0 Å². The number of nitrogens with zero attached hydrogens (tertiary/aromatic N) is 2. The smallest absolute Gasteiger partial charge is 0.137 e. The fourth-order valence-corrected chi connectivity index (χ4v) is 3.22. The molecule has 1 fully saturated rings. The minimum atomic E-state index is 0.644. The van der Waals surface area contributed by atoms with Crippen LogP contribution in [0.5, 0.6) is 0 Å². The minimum Gasteiger partial charge on any atom is -0.346 e. The normalized spacial score (nSPS) is 24.7. The van der Waals surface area contributed by atoms with Crippen molar-refractivity contribution in [2.45, 2.75) is 25.8 Å². The highest BCUT2D eigenvalue weighted by Crippen LogP contribution is 2.34. The number of hydrogen-bond donors (Lipinski definition) is 1. The molecular formula is C16H19N3.